The number of benzene rings is 1. The summed E-state index contributed by atoms with van der Waals surface area (Å²) in [4.78, 5) is 33.5. The summed E-state index contributed by atoms with van der Waals surface area (Å²) in [7, 11) is 1.46. The van der Waals surface area contributed by atoms with Crippen LogP contribution in [0.25, 0.3) is 22.5 Å². The first-order chi connectivity index (χ1) is 16.8. The fraction of sp³-hybridized carbons (Fsp3) is 0.250. The molecule has 1 aliphatic rings. The number of amides is 2. The number of nitrogen functional groups attached to an aromatic ring is 1. The molecule has 1 fully saturated rings. The van der Waals surface area contributed by atoms with Gasteiger partial charge in [0.1, 0.15) is 0 Å². The molecule has 1 saturated heterocycles. The number of hydrogen-bond donors (Lipinski definition) is 3. The molecular formula is C24H23Cl2N5O4. The summed E-state index contributed by atoms with van der Waals surface area (Å²) in [5, 5.41) is 13.2. The van der Waals surface area contributed by atoms with E-state index in [1.807, 2.05) is 0 Å². The van der Waals surface area contributed by atoms with Gasteiger partial charge in [0, 0.05) is 41.9 Å². The van der Waals surface area contributed by atoms with Gasteiger partial charge in [0.25, 0.3) is 0 Å². The Balaban J connectivity index is 1.64. The number of anilines is 1. The number of nitrogens with zero attached hydrogens (tertiary/aromatic N) is 3. The Kier molecular flexibility index (Phi) is 7.28. The Morgan fingerprint density at radius 1 is 1.23 bits per heavy atom. The molecule has 182 valence electrons. The Bertz CT molecular complexity index is 1290. The van der Waals surface area contributed by atoms with Crippen molar-refractivity contribution in [3.8, 4) is 28.4 Å². The molecule has 4 N–H and O–H groups in total. The molecule has 0 saturated carbocycles. The number of carboxylic acid groups (broad SMARTS) is 1. The minimum absolute atomic E-state index is 0.0480. The van der Waals surface area contributed by atoms with E-state index >= 15 is 0 Å². The number of carbonyl (C=O) groups is 2. The Labute approximate surface area is 211 Å². The lowest BCUT2D eigenvalue weighted by atomic mass is 10.1. The Morgan fingerprint density at radius 2 is 2.03 bits per heavy atom. The minimum atomic E-state index is -1.10. The van der Waals surface area contributed by atoms with Crippen LogP contribution in [-0.2, 0) is 11.3 Å². The summed E-state index contributed by atoms with van der Waals surface area (Å²) >= 11 is 13.1. The zero-order valence-electron chi connectivity index (χ0n) is 18.8. The van der Waals surface area contributed by atoms with E-state index < -0.39 is 6.09 Å². The highest BCUT2D eigenvalue weighted by atomic mass is 35.5. The molecule has 1 atom stereocenters. The SMILES string of the molecule is COc1nc(-c2ccnc(-c3cccc(N)c3Cl)c2Cl)ccc1CN(C[C@@H]1CCC(=O)N1)C(=O)O. The third-order valence-electron chi connectivity index (χ3n) is 5.74. The highest BCUT2D eigenvalue weighted by Gasteiger charge is 2.26. The number of hydrogen-bond acceptors (Lipinski definition) is 6. The van der Waals surface area contributed by atoms with Gasteiger partial charge in [0.15, 0.2) is 0 Å². The molecule has 35 heavy (non-hydrogen) atoms. The largest absolute Gasteiger partial charge is 0.481 e. The summed E-state index contributed by atoms with van der Waals surface area (Å²) in [6.07, 6.45) is 1.49. The maximum absolute atomic E-state index is 11.8. The van der Waals surface area contributed by atoms with E-state index in [0.717, 1.165) is 0 Å². The third kappa shape index (κ3) is 5.26. The van der Waals surface area contributed by atoms with E-state index in [2.05, 4.69) is 15.3 Å². The van der Waals surface area contributed by atoms with Gasteiger partial charge in [-0.3, -0.25) is 9.78 Å². The Morgan fingerprint density at radius 3 is 2.71 bits per heavy atom. The third-order valence-corrected chi connectivity index (χ3v) is 6.54. The average Bonchev–Trinajstić information content (AvgIpc) is 3.25. The van der Waals surface area contributed by atoms with Crippen molar-refractivity contribution in [1.29, 1.82) is 0 Å². The molecule has 4 rings (SSSR count). The number of halogens is 2. The Hall–Kier alpha value is -3.56. The van der Waals surface area contributed by atoms with Crippen LogP contribution < -0.4 is 15.8 Å². The summed E-state index contributed by atoms with van der Waals surface area (Å²) < 4.78 is 5.47. The average molecular weight is 516 g/mol. The van der Waals surface area contributed by atoms with Gasteiger partial charge in [-0.2, -0.15) is 0 Å². The van der Waals surface area contributed by atoms with Crippen molar-refractivity contribution < 1.29 is 19.4 Å². The van der Waals surface area contributed by atoms with Crippen LogP contribution in [0.3, 0.4) is 0 Å². The van der Waals surface area contributed by atoms with Crippen LogP contribution in [0.15, 0.2) is 42.6 Å². The standard InChI is InChI=1S/C24H23Cl2N5O4/c1-35-23-13(11-31(24(33)34)12-14-6-8-19(32)29-14)5-7-18(30-23)15-9-10-28-22(21(15)26)16-3-2-4-17(27)20(16)25/h2-5,7,9-10,14H,6,8,11-12,27H2,1H3,(H,29,32)(H,33,34)/t14-/m0/s1. The van der Waals surface area contributed by atoms with Gasteiger partial charge < -0.3 is 25.8 Å². The maximum atomic E-state index is 11.8. The van der Waals surface area contributed by atoms with Crippen molar-refractivity contribution in [3.63, 3.8) is 0 Å². The van der Waals surface area contributed by atoms with Crippen LogP contribution in [-0.4, -0.2) is 51.7 Å². The first kappa shape index (κ1) is 24.6. The molecule has 2 aromatic heterocycles. The first-order valence-corrected chi connectivity index (χ1v) is 11.5. The van der Waals surface area contributed by atoms with Gasteiger partial charge in [0.2, 0.25) is 11.8 Å². The summed E-state index contributed by atoms with van der Waals surface area (Å²) in [5.74, 6) is 0.192. The fourth-order valence-electron chi connectivity index (χ4n) is 3.97. The monoisotopic (exact) mass is 515 g/mol. The molecule has 1 aromatic carbocycles. The number of carbonyl (C=O) groups excluding carboxylic acids is 1. The second-order valence-electron chi connectivity index (χ2n) is 8.06. The van der Waals surface area contributed by atoms with Crippen molar-refractivity contribution in [1.82, 2.24) is 20.2 Å². The van der Waals surface area contributed by atoms with Gasteiger partial charge in [-0.1, -0.05) is 35.3 Å². The molecule has 0 spiro atoms. The molecule has 0 unspecified atom stereocenters. The summed E-state index contributed by atoms with van der Waals surface area (Å²) in [5.41, 5.74) is 9.10. The first-order valence-electron chi connectivity index (χ1n) is 10.8. The lowest BCUT2D eigenvalue weighted by molar-refractivity contribution is -0.119. The van der Waals surface area contributed by atoms with Gasteiger partial charge in [-0.25, -0.2) is 9.78 Å². The predicted octanol–water partition coefficient (Wildman–Crippen LogP) is 4.47. The molecule has 0 bridgehead atoms. The minimum Gasteiger partial charge on any atom is -0.481 e. The topological polar surface area (TPSA) is 131 Å². The van der Waals surface area contributed by atoms with Crippen LogP contribution >= 0.6 is 23.2 Å². The molecule has 0 aliphatic carbocycles. The second kappa shape index (κ2) is 10.4. The van der Waals surface area contributed by atoms with Crippen LogP contribution in [0.1, 0.15) is 18.4 Å². The maximum Gasteiger partial charge on any atom is 0.407 e. The van der Waals surface area contributed by atoms with Crippen molar-refractivity contribution in [2.75, 3.05) is 19.4 Å². The summed E-state index contributed by atoms with van der Waals surface area (Å²) in [6, 6.07) is 10.2. The van der Waals surface area contributed by atoms with E-state index in [4.69, 9.17) is 33.7 Å². The van der Waals surface area contributed by atoms with Crippen LogP contribution in [0.5, 0.6) is 5.88 Å². The predicted molar refractivity (Wildman–Crippen MR) is 133 cm³/mol. The van der Waals surface area contributed by atoms with E-state index in [-0.39, 0.29) is 30.9 Å². The van der Waals surface area contributed by atoms with Crippen molar-refractivity contribution in [3.05, 3.63) is 58.2 Å². The van der Waals surface area contributed by atoms with Crippen molar-refractivity contribution in [2.45, 2.75) is 25.4 Å². The molecule has 1 aliphatic heterocycles. The number of nitrogens with two attached hydrogens (primary N) is 1. The van der Waals surface area contributed by atoms with Gasteiger partial charge in [-0.05, 0) is 30.7 Å². The number of rotatable bonds is 7. The number of nitrogens with one attached hydrogen (secondary N) is 1. The highest BCUT2D eigenvalue weighted by Crippen LogP contribution is 2.39. The number of ether oxygens (including phenoxy) is 1. The smallest absolute Gasteiger partial charge is 0.407 e. The molecule has 2 amide bonds. The zero-order valence-corrected chi connectivity index (χ0v) is 20.3. The molecule has 9 nitrogen and oxygen atoms in total. The van der Waals surface area contributed by atoms with E-state index in [1.165, 1.54) is 12.0 Å². The normalized spacial score (nSPS) is 15.1. The fourth-order valence-corrected chi connectivity index (χ4v) is 4.50. The second-order valence-corrected chi connectivity index (χ2v) is 8.82. The lowest BCUT2D eigenvalue weighted by Crippen LogP contribution is -2.41. The molecule has 0 radical (unpaired) electrons. The number of methoxy groups -OCH3 is 1. The quantitative estimate of drug-likeness (QED) is 0.395. The van der Waals surface area contributed by atoms with Crippen molar-refractivity contribution >= 4 is 40.9 Å². The number of pyridine rings is 2. The van der Waals surface area contributed by atoms with E-state index in [9.17, 15) is 14.7 Å². The molecule has 3 aromatic rings. The summed E-state index contributed by atoms with van der Waals surface area (Å²) in [6.45, 7) is 0.221. The van der Waals surface area contributed by atoms with Crippen LogP contribution in [0.2, 0.25) is 10.0 Å². The van der Waals surface area contributed by atoms with Crippen LogP contribution in [0, 0.1) is 0 Å². The van der Waals surface area contributed by atoms with E-state index in [0.29, 0.717) is 56.7 Å². The number of aromatic nitrogens is 2. The van der Waals surface area contributed by atoms with Crippen LogP contribution in [0.4, 0.5) is 10.5 Å². The lowest BCUT2D eigenvalue weighted by Gasteiger charge is -2.23. The highest BCUT2D eigenvalue weighted by molar-refractivity contribution is 6.38. The van der Waals surface area contributed by atoms with E-state index in [1.54, 1.807) is 42.6 Å². The molecular weight excluding hydrogens is 493 g/mol. The molecule has 11 heteroatoms. The van der Waals surface area contributed by atoms with Gasteiger partial charge in [-0.15, -0.1) is 0 Å². The molecule has 3 heterocycles. The van der Waals surface area contributed by atoms with Gasteiger partial charge in [0.05, 0.1) is 40.8 Å². The zero-order chi connectivity index (χ0) is 25.1. The van der Waals surface area contributed by atoms with Crippen molar-refractivity contribution in [2.24, 2.45) is 0 Å². The van der Waals surface area contributed by atoms with Gasteiger partial charge >= 0.3 is 6.09 Å².